The van der Waals surface area contributed by atoms with E-state index in [1.54, 1.807) is 24.5 Å². The fourth-order valence-electron chi connectivity index (χ4n) is 2.02. The van der Waals surface area contributed by atoms with Crippen LogP contribution >= 0.6 is 23.2 Å². The third-order valence-corrected chi connectivity index (χ3v) is 3.60. The van der Waals surface area contributed by atoms with Gasteiger partial charge in [0, 0.05) is 16.8 Å². The number of aryl methyl sites for hydroxylation is 1. The predicted molar refractivity (Wildman–Crippen MR) is 92.5 cm³/mol. The molecule has 0 radical (unpaired) electrons. The number of nitrogens with zero attached hydrogens (tertiary/aromatic N) is 2. The quantitative estimate of drug-likeness (QED) is 0.676. The molecule has 0 saturated heterocycles. The fourth-order valence-corrected chi connectivity index (χ4v) is 2.48. The van der Waals surface area contributed by atoms with Crippen LogP contribution < -0.4 is 10.6 Å². The minimum Gasteiger partial charge on any atom is -0.467 e. The number of benzene rings is 1. The molecule has 3 rings (SSSR count). The Balaban J connectivity index is 1.77. The Bertz CT molecular complexity index is 806. The van der Waals surface area contributed by atoms with Gasteiger partial charge < -0.3 is 15.1 Å². The van der Waals surface area contributed by atoms with Crippen molar-refractivity contribution in [2.75, 3.05) is 10.6 Å². The van der Waals surface area contributed by atoms with Crippen LogP contribution in [-0.2, 0) is 6.54 Å². The third-order valence-electron chi connectivity index (χ3n) is 3.05. The Morgan fingerprint density at radius 1 is 1.13 bits per heavy atom. The van der Waals surface area contributed by atoms with Crippen LogP contribution in [0.1, 0.15) is 11.5 Å². The number of halogens is 2. The summed E-state index contributed by atoms with van der Waals surface area (Å²) in [5.41, 5.74) is 1.56. The van der Waals surface area contributed by atoms with Crippen molar-refractivity contribution in [2.45, 2.75) is 13.5 Å². The van der Waals surface area contributed by atoms with Gasteiger partial charge >= 0.3 is 0 Å². The zero-order valence-corrected chi connectivity index (χ0v) is 13.8. The summed E-state index contributed by atoms with van der Waals surface area (Å²) in [6.45, 7) is 2.41. The van der Waals surface area contributed by atoms with E-state index in [0.717, 1.165) is 17.1 Å². The summed E-state index contributed by atoms with van der Waals surface area (Å²) in [7, 11) is 0. The van der Waals surface area contributed by atoms with E-state index in [9.17, 15) is 0 Å². The molecule has 0 aliphatic carbocycles. The molecular weight excluding hydrogens is 335 g/mol. The lowest BCUT2D eigenvalue weighted by atomic mass is 10.3. The van der Waals surface area contributed by atoms with Gasteiger partial charge in [-0.3, -0.25) is 0 Å². The van der Waals surface area contributed by atoms with Crippen molar-refractivity contribution in [3.63, 3.8) is 0 Å². The van der Waals surface area contributed by atoms with E-state index in [0.29, 0.717) is 28.4 Å². The molecule has 23 heavy (non-hydrogen) atoms. The lowest BCUT2D eigenvalue weighted by Gasteiger charge is -2.10. The summed E-state index contributed by atoms with van der Waals surface area (Å²) >= 11 is 12.1. The van der Waals surface area contributed by atoms with Crippen molar-refractivity contribution in [3.05, 3.63) is 64.2 Å². The number of nitrogens with one attached hydrogen (secondary N) is 2. The van der Waals surface area contributed by atoms with E-state index < -0.39 is 0 Å². The maximum absolute atomic E-state index is 6.17. The second kappa shape index (κ2) is 6.89. The lowest BCUT2D eigenvalue weighted by Crippen LogP contribution is -2.06. The summed E-state index contributed by atoms with van der Waals surface area (Å²) in [6.07, 6.45) is 1.63. The Hall–Kier alpha value is -2.24. The summed E-state index contributed by atoms with van der Waals surface area (Å²) in [5, 5.41) is 7.41. The number of aromatic nitrogens is 2. The standard InChI is InChI=1S/C16H14Cl2N4O/c1-10-7-15(21-14-5-4-11(17)8-13(14)18)22-16(20-10)19-9-12-3-2-6-23-12/h2-8H,9H2,1H3,(H2,19,20,21,22). The predicted octanol–water partition coefficient (Wildman–Crippen LogP) is 5.04. The lowest BCUT2D eigenvalue weighted by molar-refractivity contribution is 0.517. The zero-order chi connectivity index (χ0) is 16.2. The average Bonchev–Trinajstić information content (AvgIpc) is 3.01. The maximum Gasteiger partial charge on any atom is 0.225 e. The fraction of sp³-hybridized carbons (Fsp3) is 0.125. The smallest absolute Gasteiger partial charge is 0.225 e. The molecule has 0 amide bonds. The van der Waals surface area contributed by atoms with E-state index >= 15 is 0 Å². The number of anilines is 3. The molecule has 2 heterocycles. The molecule has 118 valence electrons. The molecule has 3 aromatic rings. The first kappa shape index (κ1) is 15.6. The highest BCUT2D eigenvalue weighted by atomic mass is 35.5. The highest BCUT2D eigenvalue weighted by Crippen LogP contribution is 2.28. The molecule has 2 N–H and O–H groups in total. The number of rotatable bonds is 5. The van der Waals surface area contributed by atoms with Crippen molar-refractivity contribution < 1.29 is 4.42 Å². The van der Waals surface area contributed by atoms with E-state index in [-0.39, 0.29) is 0 Å². The molecule has 0 spiro atoms. The van der Waals surface area contributed by atoms with Crippen LogP contribution in [0.3, 0.4) is 0 Å². The van der Waals surface area contributed by atoms with Crippen LogP contribution in [0.2, 0.25) is 10.0 Å². The first-order valence-corrected chi connectivity index (χ1v) is 7.70. The number of hydrogen-bond donors (Lipinski definition) is 2. The Morgan fingerprint density at radius 2 is 2.00 bits per heavy atom. The monoisotopic (exact) mass is 348 g/mol. The minimum atomic E-state index is 0.508. The molecule has 0 aliphatic rings. The Labute approximate surface area is 143 Å². The van der Waals surface area contributed by atoms with Gasteiger partial charge in [0.2, 0.25) is 5.95 Å². The average molecular weight is 349 g/mol. The highest BCUT2D eigenvalue weighted by Gasteiger charge is 2.06. The number of hydrogen-bond acceptors (Lipinski definition) is 5. The molecule has 0 saturated carbocycles. The van der Waals surface area contributed by atoms with Gasteiger partial charge in [0.1, 0.15) is 11.6 Å². The SMILES string of the molecule is Cc1cc(Nc2ccc(Cl)cc2Cl)nc(NCc2ccco2)n1. The Morgan fingerprint density at radius 3 is 2.74 bits per heavy atom. The van der Waals surface area contributed by atoms with Gasteiger partial charge in [0.05, 0.1) is 23.5 Å². The molecule has 0 fully saturated rings. The highest BCUT2D eigenvalue weighted by molar-refractivity contribution is 6.36. The molecule has 0 atom stereocenters. The second-order valence-corrected chi connectivity index (χ2v) is 5.74. The van der Waals surface area contributed by atoms with Gasteiger partial charge in [-0.15, -0.1) is 0 Å². The molecule has 1 aromatic carbocycles. The topological polar surface area (TPSA) is 63.0 Å². The van der Waals surface area contributed by atoms with Crippen molar-refractivity contribution in [2.24, 2.45) is 0 Å². The molecule has 0 unspecified atom stereocenters. The summed E-state index contributed by atoms with van der Waals surface area (Å²) in [5.74, 6) is 1.96. The van der Waals surface area contributed by atoms with Crippen molar-refractivity contribution in [1.29, 1.82) is 0 Å². The van der Waals surface area contributed by atoms with Crippen LogP contribution in [0, 0.1) is 6.92 Å². The molecule has 7 heteroatoms. The number of furan rings is 1. The molecule has 0 bridgehead atoms. The second-order valence-electron chi connectivity index (χ2n) is 4.90. The van der Waals surface area contributed by atoms with Gasteiger partial charge in [-0.25, -0.2) is 4.98 Å². The van der Waals surface area contributed by atoms with Gasteiger partial charge in [0.25, 0.3) is 0 Å². The summed E-state index contributed by atoms with van der Waals surface area (Å²) in [4.78, 5) is 8.78. The molecular formula is C16H14Cl2N4O. The van der Waals surface area contributed by atoms with Crippen LogP contribution in [0.4, 0.5) is 17.5 Å². The molecule has 5 nitrogen and oxygen atoms in total. The normalized spacial score (nSPS) is 10.6. The van der Waals surface area contributed by atoms with Gasteiger partial charge in [0.15, 0.2) is 0 Å². The third kappa shape index (κ3) is 4.15. The van der Waals surface area contributed by atoms with Crippen molar-refractivity contribution in [3.8, 4) is 0 Å². The summed E-state index contributed by atoms with van der Waals surface area (Å²) < 4.78 is 5.27. The Kier molecular flexibility index (Phi) is 4.69. The first-order chi connectivity index (χ1) is 11.1. The summed E-state index contributed by atoms with van der Waals surface area (Å²) in [6, 6.07) is 10.8. The zero-order valence-electron chi connectivity index (χ0n) is 12.3. The van der Waals surface area contributed by atoms with Crippen LogP contribution in [0.5, 0.6) is 0 Å². The van der Waals surface area contributed by atoms with Crippen molar-refractivity contribution in [1.82, 2.24) is 9.97 Å². The van der Waals surface area contributed by atoms with E-state index in [4.69, 9.17) is 27.6 Å². The van der Waals surface area contributed by atoms with Crippen LogP contribution in [0.25, 0.3) is 0 Å². The van der Waals surface area contributed by atoms with Crippen LogP contribution in [0.15, 0.2) is 47.1 Å². The van der Waals surface area contributed by atoms with Gasteiger partial charge in [-0.1, -0.05) is 23.2 Å². The van der Waals surface area contributed by atoms with Crippen molar-refractivity contribution >= 4 is 40.7 Å². The minimum absolute atomic E-state index is 0.508. The largest absolute Gasteiger partial charge is 0.467 e. The molecule has 2 aromatic heterocycles. The van der Waals surface area contributed by atoms with Crippen LogP contribution in [-0.4, -0.2) is 9.97 Å². The van der Waals surface area contributed by atoms with Gasteiger partial charge in [-0.2, -0.15) is 4.98 Å². The molecule has 0 aliphatic heterocycles. The van der Waals surface area contributed by atoms with E-state index in [1.165, 1.54) is 0 Å². The van der Waals surface area contributed by atoms with E-state index in [2.05, 4.69) is 20.6 Å². The van der Waals surface area contributed by atoms with Gasteiger partial charge in [-0.05, 0) is 37.3 Å². The van der Waals surface area contributed by atoms with E-state index in [1.807, 2.05) is 25.1 Å². The first-order valence-electron chi connectivity index (χ1n) is 6.94. The maximum atomic E-state index is 6.17.